The van der Waals surface area contributed by atoms with Crippen molar-refractivity contribution in [3.05, 3.63) is 63.7 Å². The average Bonchev–Trinajstić information content (AvgIpc) is 3.33. The van der Waals surface area contributed by atoms with Gasteiger partial charge in [0.15, 0.2) is 0 Å². The quantitative estimate of drug-likeness (QED) is 0.702. The van der Waals surface area contributed by atoms with Crippen LogP contribution in [0, 0.1) is 18.6 Å². The lowest BCUT2D eigenvalue weighted by molar-refractivity contribution is -0.129. The largest absolute Gasteiger partial charge is 0.397 e. The lowest BCUT2D eigenvalue weighted by atomic mass is 10.1. The summed E-state index contributed by atoms with van der Waals surface area (Å²) in [6.07, 6.45) is 2.77. The molecular weight excluding hydrogens is 394 g/mol. The highest BCUT2D eigenvalue weighted by atomic mass is 32.1. The van der Waals surface area contributed by atoms with Crippen molar-refractivity contribution >= 4 is 22.9 Å². The van der Waals surface area contributed by atoms with Gasteiger partial charge in [-0.25, -0.2) is 13.8 Å². The van der Waals surface area contributed by atoms with E-state index >= 15 is 0 Å². The van der Waals surface area contributed by atoms with Gasteiger partial charge in [-0.2, -0.15) is 0 Å². The Bertz CT molecular complexity index is 1070. The number of amides is 1. The monoisotopic (exact) mass is 414 g/mol. The highest BCUT2D eigenvalue weighted by Crippen LogP contribution is 2.31. The van der Waals surface area contributed by atoms with E-state index < -0.39 is 11.6 Å². The van der Waals surface area contributed by atoms with Crippen LogP contribution in [0.3, 0.4) is 0 Å². The summed E-state index contributed by atoms with van der Waals surface area (Å²) in [5.74, 6) is -1.18. The summed E-state index contributed by atoms with van der Waals surface area (Å²) in [5, 5.41) is 1.06. The number of rotatable bonds is 4. The average molecular weight is 414 g/mol. The van der Waals surface area contributed by atoms with Gasteiger partial charge in [-0.05, 0) is 37.6 Å². The van der Waals surface area contributed by atoms with E-state index in [1.165, 1.54) is 12.1 Å². The Balaban J connectivity index is 1.50. The number of benzene rings is 1. The number of likely N-dealkylation sites (tertiary alicyclic amines) is 1. The first-order chi connectivity index (χ1) is 13.9. The van der Waals surface area contributed by atoms with Gasteiger partial charge >= 0.3 is 0 Å². The van der Waals surface area contributed by atoms with Gasteiger partial charge in [0.1, 0.15) is 11.6 Å². The SMILES string of the molecule is Cc1cnc(C2CCN(C(=O)Cc3nc(-c4ccc(F)cc4F)ccc3N)C2)s1. The maximum absolute atomic E-state index is 14.1. The fourth-order valence-corrected chi connectivity index (χ4v) is 4.41. The van der Waals surface area contributed by atoms with Crippen LogP contribution in [0.1, 0.15) is 27.9 Å². The Morgan fingerprint density at radius 2 is 2.14 bits per heavy atom. The summed E-state index contributed by atoms with van der Waals surface area (Å²) in [5.41, 5.74) is 7.25. The summed E-state index contributed by atoms with van der Waals surface area (Å²) in [6.45, 7) is 3.30. The van der Waals surface area contributed by atoms with E-state index in [4.69, 9.17) is 5.73 Å². The molecule has 4 rings (SSSR count). The van der Waals surface area contributed by atoms with E-state index in [1.54, 1.807) is 28.4 Å². The molecule has 1 atom stereocenters. The fraction of sp³-hybridized carbons (Fsp3) is 0.286. The van der Waals surface area contributed by atoms with Gasteiger partial charge in [-0.3, -0.25) is 9.78 Å². The second-order valence-corrected chi connectivity index (χ2v) is 8.43. The predicted octanol–water partition coefficient (Wildman–Crippen LogP) is 3.93. The second-order valence-electron chi connectivity index (χ2n) is 7.17. The summed E-state index contributed by atoms with van der Waals surface area (Å²) >= 11 is 1.66. The zero-order chi connectivity index (χ0) is 20.5. The first-order valence-corrected chi connectivity index (χ1v) is 10.1. The molecule has 3 heterocycles. The van der Waals surface area contributed by atoms with Gasteiger partial charge < -0.3 is 10.6 Å². The molecule has 1 saturated heterocycles. The number of nitrogens with zero attached hydrogens (tertiary/aromatic N) is 3. The minimum Gasteiger partial charge on any atom is -0.397 e. The third kappa shape index (κ3) is 4.12. The molecule has 0 radical (unpaired) electrons. The molecule has 1 aliphatic rings. The number of nitrogen functional groups attached to an aromatic ring is 1. The Morgan fingerprint density at radius 3 is 2.86 bits per heavy atom. The summed E-state index contributed by atoms with van der Waals surface area (Å²) in [6, 6.07) is 6.47. The molecule has 1 amide bonds. The first kappa shape index (κ1) is 19.4. The number of thiazole rings is 1. The number of hydrogen-bond acceptors (Lipinski definition) is 5. The van der Waals surface area contributed by atoms with Crippen LogP contribution in [0.15, 0.2) is 36.5 Å². The molecule has 3 aromatic rings. The maximum Gasteiger partial charge on any atom is 0.228 e. The Kier molecular flexibility index (Phi) is 5.27. The predicted molar refractivity (Wildman–Crippen MR) is 108 cm³/mol. The number of nitrogens with two attached hydrogens (primary N) is 1. The molecule has 0 bridgehead atoms. The van der Waals surface area contributed by atoms with Crippen molar-refractivity contribution < 1.29 is 13.6 Å². The normalized spacial score (nSPS) is 16.4. The molecule has 1 unspecified atom stereocenters. The molecule has 0 saturated carbocycles. The Hall–Kier alpha value is -2.87. The minimum absolute atomic E-state index is 0.0338. The molecule has 5 nitrogen and oxygen atoms in total. The minimum atomic E-state index is -0.708. The van der Waals surface area contributed by atoms with Gasteiger partial charge in [0.05, 0.1) is 28.5 Å². The van der Waals surface area contributed by atoms with Crippen LogP contribution < -0.4 is 5.73 Å². The lowest BCUT2D eigenvalue weighted by Gasteiger charge is -2.17. The number of halogens is 2. The van der Waals surface area contributed by atoms with Crippen molar-refractivity contribution in [1.82, 2.24) is 14.9 Å². The van der Waals surface area contributed by atoms with Crippen LogP contribution >= 0.6 is 11.3 Å². The second kappa shape index (κ2) is 7.87. The topological polar surface area (TPSA) is 72.1 Å². The zero-order valence-corrected chi connectivity index (χ0v) is 16.7. The van der Waals surface area contributed by atoms with Crippen molar-refractivity contribution in [3.63, 3.8) is 0 Å². The van der Waals surface area contributed by atoms with Gasteiger partial charge in [-0.15, -0.1) is 11.3 Å². The van der Waals surface area contributed by atoms with Gasteiger partial charge in [0.2, 0.25) is 5.91 Å². The molecule has 2 aromatic heterocycles. The summed E-state index contributed by atoms with van der Waals surface area (Å²) in [7, 11) is 0. The molecule has 0 aliphatic carbocycles. The van der Waals surface area contributed by atoms with Crippen molar-refractivity contribution in [2.24, 2.45) is 0 Å². The smallest absolute Gasteiger partial charge is 0.228 e. The highest BCUT2D eigenvalue weighted by molar-refractivity contribution is 7.11. The highest BCUT2D eigenvalue weighted by Gasteiger charge is 2.29. The van der Waals surface area contributed by atoms with Crippen LogP contribution in [0.5, 0.6) is 0 Å². The van der Waals surface area contributed by atoms with Crippen molar-refractivity contribution in [3.8, 4) is 11.3 Å². The van der Waals surface area contributed by atoms with E-state index in [0.29, 0.717) is 30.2 Å². The van der Waals surface area contributed by atoms with Crippen LogP contribution in [0.4, 0.5) is 14.5 Å². The van der Waals surface area contributed by atoms with E-state index in [9.17, 15) is 13.6 Å². The number of carbonyl (C=O) groups is 1. The molecular formula is C21H20F2N4OS. The van der Waals surface area contributed by atoms with E-state index in [2.05, 4.69) is 9.97 Å². The van der Waals surface area contributed by atoms with E-state index in [1.807, 2.05) is 13.1 Å². The number of aryl methyl sites for hydroxylation is 1. The molecule has 29 heavy (non-hydrogen) atoms. The zero-order valence-electron chi connectivity index (χ0n) is 15.9. The standard InChI is InChI=1S/C21H20F2N4OS/c1-12-10-25-21(29-12)13-6-7-27(11-13)20(28)9-19-17(24)4-5-18(26-19)15-3-2-14(22)8-16(15)23/h2-5,8,10,13H,6-7,9,11,24H2,1H3. The number of aromatic nitrogens is 2. The maximum atomic E-state index is 14.1. The number of pyridine rings is 1. The molecule has 1 aliphatic heterocycles. The molecule has 1 aromatic carbocycles. The van der Waals surface area contributed by atoms with E-state index in [-0.39, 0.29) is 23.8 Å². The van der Waals surface area contributed by atoms with Gasteiger partial charge in [0.25, 0.3) is 0 Å². The van der Waals surface area contributed by atoms with E-state index in [0.717, 1.165) is 22.4 Å². The number of carbonyl (C=O) groups excluding carboxylic acids is 1. The van der Waals surface area contributed by atoms with Crippen LogP contribution in [-0.4, -0.2) is 33.9 Å². The van der Waals surface area contributed by atoms with Crippen LogP contribution in [0.2, 0.25) is 0 Å². The third-order valence-corrected chi connectivity index (χ3v) is 6.14. The molecule has 0 spiro atoms. The number of hydrogen-bond donors (Lipinski definition) is 1. The summed E-state index contributed by atoms with van der Waals surface area (Å²) < 4.78 is 27.3. The van der Waals surface area contributed by atoms with Gasteiger partial charge in [-0.1, -0.05) is 0 Å². The van der Waals surface area contributed by atoms with Crippen molar-refractivity contribution in [2.45, 2.75) is 25.7 Å². The van der Waals surface area contributed by atoms with Gasteiger partial charge in [0, 0.05) is 41.7 Å². The van der Waals surface area contributed by atoms with Crippen LogP contribution in [0.25, 0.3) is 11.3 Å². The molecule has 150 valence electrons. The third-order valence-electron chi connectivity index (χ3n) is 5.06. The number of anilines is 1. The Labute approximate surface area is 171 Å². The lowest BCUT2D eigenvalue weighted by Crippen LogP contribution is -2.30. The molecule has 1 fully saturated rings. The van der Waals surface area contributed by atoms with Crippen LogP contribution in [-0.2, 0) is 11.2 Å². The molecule has 8 heteroatoms. The van der Waals surface area contributed by atoms with Crippen molar-refractivity contribution in [1.29, 1.82) is 0 Å². The molecule has 2 N–H and O–H groups in total. The van der Waals surface area contributed by atoms with Crippen molar-refractivity contribution in [2.75, 3.05) is 18.8 Å². The first-order valence-electron chi connectivity index (χ1n) is 9.31. The Morgan fingerprint density at radius 1 is 1.31 bits per heavy atom. The summed E-state index contributed by atoms with van der Waals surface area (Å²) in [4.78, 5) is 24.6. The fourth-order valence-electron chi connectivity index (χ4n) is 3.51.